The first-order valence-corrected chi connectivity index (χ1v) is 9.29. The molecule has 28 heavy (non-hydrogen) atoms. The van der Waals surface area contributed by atoms with Gasteiger partial charge in [-0.25, -0.2) is 4.98 Å². The van der Waals surface area contributed by atoms with E-state index >= 15 is 0 Å². The van der Waals surface area contributed by atoms with Crippen LogP contribution in [0.1, 0.15) is 10.4 Å². The van der Waals surface area contributed by atoms with Crippen LogP contribution in [0.5, 0.6) is 0 Å². The number of fused-ring (bicyclic) bond motifs is 1. The molecule has 0 saturated carbocycles. The van der Waals surface area contributed by atoms with E-state index < -0.39 is 5.91 Å². The van der Waals surface area contributed by atoms with E-state index in [9.17, 15) is 9.90 Å². The third-order valence-electron chi connectivity index (χ3n) is 4.61. The topological polar surface area (TPSA) is 96.9 Å². The number of aliphatic hydroxyl groups is 1. The number of aromatic amines is 1. The number of rotatable bonds is 5. The van der Waals surface area contributed by atoms with E-state index in [1.807, 2.05) is 16.7 Å². The zero-order valence-electron chi connectivity index (χ0n) is 14.6. The van der Waals surface area contributed by atoms with Gasteiger partial charge in [0.15, 0.2) is 0 Å². The lowest BCUT2D eigenvalue weighted by molar-refractivity contribution is 0.100. The molecule has 0 saturated heterocycles. The van der Waals surface area contributed by atoms with Crippen molar-refractivity contribution in [1.82, 2.24) is 14.5 Å². The molecule has 0 spiro atoms. The van der Waals surface area contributed by atoms with Gasteiger partial charge in [-0.1, -0.05) is 23.2 Å². The zero-order chi connectivity index (χ0) is 19.8. The number of benzene rings is 1. The van der Waals surface area contributed by atoms with Crippen LogP contribution in [0.3, 0.4) is 0 Å². The lowest BCUT2D eigenvalue weighted by Gasteiger charge is -2.15. The summed E-state index contributed by atoms with van der Waals surface area (Å²) < 4.78 is 1.84. The van der Waals surface area contributed by atoms with Gasteiger partial charge in [0.05, 0.1) is 28.6 Å². The number of hydrogen-bond acceptors (Lipinski definition) is 3. The van der Waals surface area contributed by atoms with E-state index in [4.69, 9.17) is 28.9 Å². The van der Waals surface area contributed by atoms with Gasteiger partial charge < -0.3 is 20.4 Å². The van der Waals surface area contributed by atoms with E-state index in [1.54, 1.807) is 36.7 Å². The standard InChI is InChI=1S/C20H16Cl2N4O2/c21-11-1-2-14(16(22)9-11)18-15(19(23)28)10-17(26(18)7-8-27)12-3-5-24-20-13(12)4-6-25-20/h1-6,9-10,27H,7-8H2,(H2,23,28)(H,24,25). The molecule has 0 unspecified atom stereocenters. The molecule has 0 aliphatic carbocycles. The fourth-order valence-corrected chi connectivity index (χ4v) is 3.95. The molecule has 8 heteroatoms. The van der Waals surface area contributed by atoms with E-state index in [-0.39, 0.29) is 13.2 Å². The van der Waals surface area contributed by atoms with Crippen molar-refractivity contribution < 1.29 is 9.90 Å². The Labute approximate surface area is 170 Å². The van der Waals surface area contributed by atoms with Crippen LogP contribution in [-0.2, 0) is 6.54 Å². The van der Waals surface area contributed by atoms with Crippen molar-refractivity contribution >= 4 is 40.1 Å². The van der Waals surface area contributed by atoms with Crippen LogP contribution >= 0.6 is 23.2 Å². The summed E-state index contributed by atoms with van der Waals surface area (Å²) in [5, 5.41) is 11.5. The Kier molecular flexibility index (Phi) is 4.85. The maximum absolute atomic E-state index is 12.2. The molecule has 0 fully saturated rings. The van der Waals surface area contributed by atoms with Gasteiger partial charge >= 0.3 is 0 Å². The van der Waals surface area contributed by atoms with Crippen LogP contribution in [-0.4, -0.2) is 32.2 Å². The second kappa shape index (κ2) is 7.31. The molecule has 1 aromatic carbocycles. The molecule has 4 N–H and O–H groups in total. The van der Waals surface area contributed by atoms with E-state index in [0.29, 0.717) is 26.9 Å². The van der Waals surface area contributed by atoms with Crippen molar-refractivity contribution in [2.45, 2.75) is 6.54 Å². The highest BCUT2D eigenvalue weighted by molar-refractivity contribution is 6.36. The minimum absolute atomic E-state index is 0.126. The highest BCUT2D eigenvalue weighted by atomic mass is 35.5. The second-order valence-corrected chi connectivity index (χ2v) is 7.10. The largest absolute Gasteiger partial charge is 0.395 e. The van der Waals surface area contributed by atoms with Crippen molar-refractivity contribution in [2.75, 3.05) is 6.61 Å². The van der Waals surface area contributed by atoms with Gasteiger partial charge in [0.2, 0.25) is 0 Å². The molecule has 3 heterocycles. The molecule has 3 aromatic heterocycles. The van der Waals surface area contributed by atoms with Gasteiger partial charge in [0.1, 0.15) is 5.65 Å². The Bertz CT molecular complexity index is 1200. The van der Waals surface area contributed by atoms with Crippen molar-refractivity contribution in [3.63, 3.8) is 0 Å². The summed E-state index contributed by atoms with van der Waals surface area (Å²) in [6.07, 6.45) is 3.48. The Morgan fingerprint density at radius 1 is 1.18 bits per heavy atom. The van der Waals surface area contributed by atoms with Gasteiger partial charge in [0, 0.05) is 40.5 Å². The fraction of sp³-hybridized carbons (Fsp3) is 0.100. The van der Waals surface area contributed by atoms with Gasteiger partial charge in [-0.15, -0.1) is 0 Å². The van der Waals surface area contributed by atoms with Crippen LogP contribution in [0.15, 0.2) is 48.8 Å². The fourth-order valence-electron chi connectivity index (χ4n) is 3.45. The third kappa shape index (κ3) is 3.05. The van der Waals surface area contributed by atoms with Crippen molar-refractivity contribution in [2.24, 2.45) is 5.73 Å². The first kappa shape index (κ1) is 18.6. The number of halogens is 2. The average Bonchev–Trinajstić information content (AvgIpc) is 3.27. The highest BCUT2D eigenvalue weighted by Crippen LogP contribution is 2.38. The number of primary amides is 1. The van der Waals surface area contributed by atoms with E-state index in [2.05, 4.69) is 9.97 Å². The minimum atomic E-state index is -0.585. The summed E-state index contributed by atoms with van der Waals surface area (Å²) in [6, 6.07) is 10.5. The number of carbonyl (C=O) groups is 1. The number of amides is 1. The number of nitrogens with two attached hydrogens (primary N) is 1. The molecule has 1 amide bonds. The van der Waals surface area contributed by atoms with Gasteiger partial charge in [0.25, 0.3) is 5.91 Å². The first-order chi connectivity index (χ1) is 13.5. The smallest absolute Gasteiger partial charge is 0.250 e. The lowest BCUT2D eigenvalue weighted by atomic mass is 10.1. The molecule has 4 rings (SSSR count). The highest BCUT2D eigenvalue weighted by Gasteiger charge is 2.23. The SMILES string of the molecule is NC(=O)c1cc(-c2ccnc3[nH]ccc23)n(CCO)c1-c1ccc(Cl)cc1Cl. The van der Waals surface area contributed by atoms with E-state index in [1.165, 1.54) is 0 Å². The van der Waals surface area contributed by atoms with Crippen LogP contribution in [0.25, 0.3) is 33.5 Å². The van der Waals surface area contributed by atoms with Gasteiger partial charge in [-0.05, 0) is 36.4 Å². The number of nitrogens with one attached hydrogen (secondary N) is 1. The van der Waals surface area contributed by atoms with Crippen LogP contribution < -0.4 is 5.73 Å². The number of H-pyrrole nitrogens is 1. The number of aromatic nitrogens is 3. The monoisotopic (exact) mass is 414 g/mol. The second-order valence-electron chi connectivity index (χ2n) is 6.25. The predicted octanol–water partition coefficient (Wildman–Crippen LogP) is 4.10. The maximum Gasteiger partial charge on any atom is 0.250 e. The summed E-state index contributed by atoms with van der Waals surface area (Å²) in [5.74, 6) is -0.585. The molecule has 0 atom stereocenters. The third-order valence-corrected chi connectivity index (χ3v) is 5.16. The van der Waals surface area contributed by atoms with E-state index in [0.717, 1.165) is 22.3 Å². The first-order valence-electron chi connectivity index (χ1n) is 8.53. The van der Waals surface area contributed by atoms with Crippen LogP contribution in [0.4, 0.5) is 0 Å². The Balaban J connectivity index is 2.06. The summed E-state index contributed by atoms with van der Waals surface area (Å²) in [4.78, 5) is 19.6. The Hall–Kier alpha value is -2.80. The van der Waals surface area contributed by atoms with Crippen LogP contribution in [0.2, 0.25) is 10.0 Å². The minimum Gasteiger partial charge on any atom is -0.395 e. The number of pyridine rings is 1. The summed E-state index contributed by atoms with van der Waals surface area (Å²) >= 11 is 12.4. The van der Waals surface area contributed by atoms with Gasteiger partial charge in [-0.2, -0.15) is 0 Å². The van der Waals surface area contributed by atoms with Crippen molar-refractivity contribution in [1.29, 1.82) is 0 Å². The maximum atomic E-state index is 12.2. The molecule has 6 nitrogen and oxygen atoms in total. The number of nitrogens with zero attached hydrogens (tertiary/aromatic N) is 2. The number of aliphatic hydroxyl groups excluding tert-OH is 1. The quantitative estimate of drug-likeness (QED) is 0.458. The predicted molar refractivity (Wildman–Crippen MR) is 111 cm³/mol. The number of carbonyl (C=O) groups excluding carboxylic acids is 1. The van der Waals surface area contributed by atoms with Crippen LogP contribution in [0, 0.1) is 0 Å². The van der Waals surface area contributed by atoms with Crippen molar-refractivity contribution in [3.8, 4) is 22.5 Å². The lowest BCUT2D eigenvalue weighted by Crippen LogP contribution is -2.13. The summed E-state index contributed by atoms with van der Waals surface area (Å²) in [7, 11) is 0. The average molecular weight is 415 g/mol. The Morgan fingerprint density at radius 3 is 2.71 bits per heavy atom. The molecule has 0 aliphatic rings. The molecule has 4 aromatic rings. The summed E-state index contributed by atoms with van der Waals surface area (Å²) in [5.41, 5.74) is 9.46. The molecule has 142 valence electrons. The molecular formula is C20H16Cl2N4O2. The zero-order valence-corrected chi connectivity index (χ0v) is 16.1. The molecular weight excluding hydrogens is 399 g/mol. The molecule has 0 radical (unpaired) electrons. The van der Waals surface area contributed by atoms with Crippen molar-refractivity contribution in [3.05, 3.63) is 64.4 Å². The normalized spacial score (nSPS) is 11.2. The molecule has 0 bridgehead atoms. The Morgan fingerprint density at radius 2 is 2.00 bits per heavy atom. The molecule has 0 aliphatic heterocycles. The number of hydrogen-bond donors (Lipinski definition) is 3. The van der Waals surface area contributed by atoms with Gasteiger partial charge in [-0.3, -0.25) is 4.79 Å². The summed E-state index contributed by atoms with van der Waals surface area (Å²) in [6.45, 7) is 0.130.